The minimum Gasteiger partial charge on any atom is -0.493 e. The molecule has 2 nitrogen and oxygen atoms in total. The molecule has 0 bridgehead atoms. The molecule has 0 amide bonds. The van der Waals surface area contributed by atoms with Crippen molar-refractivity contribution in [3.05, 3.63) is 113 Å². The van der Waals surface area contributed by atoms with Gasteiger partial charge in [-0.15, -0.1) is 0 Å². The zero-order valence-corrected chi connectivity index (χ0v) is 35.6. The molecule has 2 aromatic carbocycles. The van der Waals surface area contributed by atoms with Crippen LogP contribution in [0.1, 0.15) is 199 Å². The summed E-state index contributed by atoms with van der Waals surface area (Å²) < 4.78 is 1.53. The van der Waals surface area contributed by atoms with Crippen LogP contribution in [0, 0.1) is 13.8 Å². The molecule has 0 N–H and O–H groups in total. The molecule has 0 fully saturated rings. The van der Waals surface area contributed by atoms with E-state index in [0.717, 1.165) is 73.9 Å². The Kier molecular flexibility index (Phi) is 31.9. The summed E-state index contributed by atoms with van der Waals surface area (Å²) in [5, 5.41) is 0. The molecule has 0 aliphatic carbocycles. The monoisotopic (exact) mass is 753 g/mol. The van der Waals surface area contributed by atoms with Crippen molar-refractivity contribution in [1.82, 2.24) is 0 Å². The van der Waals surface area contributed by atoms with Crippen LogP contribution in [-0.2, 0) is 29.3 Å². The Bertz CT molecular complexity index is 1260. The van der Waals surface area contributed by atoms with E-state index in [9.17, 15) is 5.53 Å². The van der Waals surface area contributed by atoms with Crippen molar-refractivity contribution in [3.8, 4) is 0 Å². The molecule has 0 saturated heterocycles. The molecule has 0 spiro atoms. The summed E-state index contributed by atoms with van der Waals surface area (Å²) in [6.45, 7) is 20.5. The summed E-state index contributed by atoms with van der Waals surface area (Å²) in [6, 6.07) is 17.9. The first-order valence-electron chi connectivity index (χ1n) is 21.4. The van der Waals surface area contributed by atoms with Gasteiger partial charge in [-0.25, -0.2) is 4.70 Å². The molecule has 2 aromatic rings. The summed E-state index contributed by atoms with van der Waals surface area (Å²) in [4.78, 5) is 0. The van der Waals surface area contributed by atoms with Crippen molar-refractivity contribution >= 4 is 11.4 Å². The first-order chi connectivity index (χ1) is 25.0. The summed E-state index contributed by atoms with van der Waals surface area (Å²) in [7, 11) is 0. The second kappa shape index (κ2) is 33.3. The largest absolute Gasteiger partial charge is 2.00 e. The van der Waals surface area contributed by atoms with Gasteiger partial charge in [0.05, 0.1) is 5.57 Å². The van der Waals surface area contributed by atoms with Gasteiger partial charge in [0.1, 0.15) is 0 Å². The van der Waals surface area contributed by atoms with E-state index in [1.807, 2.05) is 0 Å². The standard InChI is InChI=1S/C41H60N2.2C4H9.Ni/c1-5-9-13-15-16-17-18-21-28-39-38(27-12-8-4)40(36-31-29-34(30-32-36)23-19-11-7-3)43(42)41(39)37-26-22-25-35(33-37)24-20-14-10-6-2;2*1-3-4-2;/h21-22,25-26,28-33H,5-20,23-24,27H2,1-4H3;2*1,3-4H2,2H3;/q;2*-1;+2. The summed E-state index contributed by atoms with van der Waals surface area (Å²) in [6.07, 6.45) is 32.5. The van der Waals surface area contributed by atoms with Gasteiger partial charge in [0.2, 0.25) is 11.4 Å². The van der Waals surface area contributed by atoms with E-state index in [0.29, 0.717) is 0 Å². The number of nitrogens with zero attached hydrogens (tertiary/aromatic N) is 2. The van der Waals surface area contributed by atoms with Crippen LogP contribution in [0.15, 0.2) is 71.8 Å². The molecular weight excluding hydrogens is 675 g/mol. The first-order valence-corrected chi connectivity index (χ1v) is 21.4. The maximum Gasteiger partial charge on any atom is 2.00 e. The molecule has 0 aromatic heterocycles. The third-order valence-electron chi connectivity index (χ3n) is 9.60. The van der Waals surface area contributed by atoms with Gasteiger partial charge < -0.3 is 19.4 Å². The summed E-state index contributed by atoms with van der Waals surface area (Å²) in [5.74, 6) is 0. The van der Waals surface area contributed by atoms with Crippen LogP contribution in [0.3, 0.4) is 0 Å². The van der Waals surface area contributed by atoms with Gasteiger partial charge in [-0.1, -0.05) is 161 Å². The van der Waals surface area contributed by atoms with E-state index in [4.69, 9.17) is 0 Å². The van der Waals surface area contributed by atoms with Crippen molar-refractivity contribution in [2.45, 2.75) is 189 Å². The van der Waals surface area contributed by atoms with E-state index in [2.05, 4.69) is 116 Å². The SMILES string of the molecule is CCCCCCCCC=CC1=C(c2cccc(CCCCCC)c2)[N+](=[N-])C(c2ccc(CCCCC)cc2)=C1CCCC.[CH2-]CCC.[CH2-]CCC.[Ni+2]. The fourth-order valence-corrected chi connectivity index (χ4v) is 6.27. The molecule has 1 aliphatic rings. The normalized spacial score (nSPS) is 12.5. The molecule has 52 heavy (non-hydrogen) atoms. The second-order valence-electron chi connectivity index (χ2n) is 14.3. The maximum atomic E-state index is 12.0. The van der Waals surface area contributed by atoms with E-state index in [1.165, 1.54) is 123 Å². The Balaban J connectivity index is 0.00000261. The third kappa shape index (κ3) is 19.7. The molecule has 0 atom stereocenters. The van der Waals surface area contributed by atoms with E-state index in [1.54, 1.807) is 0 Å². The minimum absolute atomic E-state index is 0. The molecule has 1 heterocycles. The van der Waals surface area contributed by atoms with Crippen molar-refractivity contribution in [2.75, 3.05) is 0 Å². The Labute approximate surface area is 333 Å². The molecule has 294 valence electrons. The van der Waals surface area contributed by atoms with Crippen molar-refractivity contribution in [3.63, 3.8) is 0 Å². The Hall–Kier alpha value is -2.25. The van der Waals surface area contributed by atoms with E-state index >= 15 is 0 Å². The van der Waals surface area contributed by atoms with Crippen LogP contribution >= 0.6 is 0 Å². The number of rotatable bonds is 24. The predicted octanol–water partition coefficient (Wildman–Crippen LogP) is 16.4. The number of benzene rings is 2. The molecule has 1 aliphatic heterocycles. The smallest absolute Gasteiger partial charge is 0.493 e. The van der Waals surface area contributed by atoms with Crippen molar-refractivity contribution < 1.29 is 21.2 Å². The number of aryl methyl sites for hydroxylation is 2. The molecular formula is C49H78N2Ni. The summed E-state index contributed by atoms with van der Waals surface area (Å²) >= 11 is 0. The molecule has 3 rings (SSSR count). The van der Waals surface area contributed by atoms with Gasteiger partial charge in [0.15, 0.2) is 0 Å². The molecule has 3 heteroatoms. The van der Waals surface area contributed by atoms with Gasteiger partial charge in [-0.3, -0.25) is 0 Å². The van der Waals surface area contributed by atoms with Crippen LogP contribution in [0.25, 0.3) is 16.9 Å². The third-order valence-corrected chi connectivity index (χ3v) is 9.60. The molecule has 0 unspecified atom stereocenters. The van der Waals surface area contributed by atoms with Crippen LogP contribution < -0.4 is 0 Å². The molecule has 0 radical (unpaired) electrons. The van der Waals surface area contributed by atoms with Gasteiger partial charge >= 0.3 is 16.5 Å². The number of allylic oxidation sites excluding steroid dienone is 4. The maximum absolute atomic E-state index is 12.0. The van der Waals surface area contributed by atoms with Gasteiger partial charge in [-0.05, 0) is 86.8 Å². The Morgan fingerprint density at radius 3 is 1.65 bits per heavy atom. The molecule has 0 saturated carbocycles. The summed E-state index contributed by atoms with van der Waals surface area (Å²) in [5.41, 5.74) is 21.4. The average molecular weight is 754 g/mol. The van der Waals surface area contributed by atoms with Gasteiger partial charge in [0.25, 0.3) is 0 Å². The average Bonchev–Trinajstić information content (AvgIpc) is 3.44. The van der Waals surface area contributed by atoms with Crippen LogP contribution in [0.2, 0.25) is 0 Å². The number of hydrogen-bond donors (Lipinski definition) is 0. The van der Waals surface area contributed by atoms with Crippen LogP contribution in [-0.4, -0.2) is 4.70 Å². The second-order valence-corrected chi connectivity index (χ2v) is 14.3. The fraction of sp³-hybridized carbons (Fsp3) is 0.592. The van der Waals surface area contributed by atoms with E-state index in [-0.39, 0.29) is 16.5 Å². The number of unbranched alkanes of at least 4 members (excludes halogenated alkanes) is 14. The van der Waals surface area contributed by atoms with Crippen molar-refractivity contribution in [1.29, 1.82) is 0 Å². The van der Waals surface area contributed by atoms with Gasteiger partial charge in [-0.2, -0.15) is 12.8 Å². The minimum atomic E-state index is 0. The van der Waals surface area contributed by atoms with Crippen LogP contribution in [0.4, 0.5) is 0 Å². The van der Waals surface area contributed by atoms with Gasteiger partial charge in [0, 0.05) is 16.7 Å². The zero-order chi connectivity index (χ0) is 37.5. The van der Waals surface area contributed by atoms with Crippen molar-refractivity contribution in [2.24, 2.45) is 0 Å². The van der Waals surface area contributed by atoms with Crippen LogP contribution in [0.5, 0.6) is 0 Å². The first kappa shape index (κ1) is 49.8. The Morgan fingerprint density at radius 2 is 1.06 bits per heavy atom. The number of hydrogen-bond acceptors (Lipinski definition) is 0. The van der Waals surface area contributed by atoms with E-state index < -0.39 is 0 Å². The fourth-order valence-electron chi connectivity index (χ4n) is 6.27. The predicted molar refractivity (Wildman–Crippen MR) is 229 cm³/mol. The Morgan fingerprint density at radius 1 is 0.538 bits per heavy atom. The quantitative estimate of drug-likeness (QED) is 0.0442. The zero-order valence-electron chi connectivity index (χ0n) is 34.7. The topological polar surface area (TPSA) is 25.3 Å².